The van der Waals surface area contributed by atoms with Crippen molar-refractivity contribution in [2.45, 2.75) is 45.6 Å². The van der Waals surface area contributed by atoms with Gasteiger partial charge >= 0.3 is 5.97 Å². The minimum Gasteiger partial charge on any atom is -0.463 e. The fraction of sp³-hybridized carbons (Fsp3) is 0.889. The predicted octanol–water partition coefficient (Wildman–Crippen LogP) is 1.49. The standard InChI is InChI=1S/C9H18O3/c1-3-4-5-6-9(11)7-12-8(2)10/h9,11H,3-7H2,1-2H3. The van der Waals surface area contributed by atoms with E-state index in [-0.39, 0.29) is 12.6 Å². The number of unbranched alkanes of at least 4 members (excludes halogenated alkanes) is 2. The van der Waals surface area contributed by atoms with Crippen LogP contribution in [0.5, 0.6) is 0 Å². The van der Waals surface area contributed by atoms with Gasteiger partial charge in [0.05, 0.1) is 6.10 Å². The van der Waals surface area contributed by atoms with Crippen LogP contribution in [0.25, 0.3) is 0 Å². The first-order chi connectivity index (χ1) is 5.66. The summed E-state index contributed by atoms with van der Waals surface area (Å²) in [6, 6.07) is 0. The Bertz CT molecular complexity index is 123. The van der Waals surface area contributed by atoms with E-state index in [1.165, 1.54) is 6.92 Å². The average Bonchev–Trinajstić information content (AvgIpc) is 2.01. The molecule has 0 aliphatic heterocycles. The highest BCUT2D eigenvalue weighted by atomic mass is 16.5. The van der Waals surface area contributed by atoms with E-state index in [1.54, 1.807) is 0 Å². The maximum atomic E-state index is 10.3. The number of aliphatic hydroxyl groups is 1. The number of rotatable bonds is 6. The van der Waals surface area contributed by atoms with E-state index in [9.17, 15) is 9.90 Å². The summed E-state index contributed by atoms with van der Waals surface area (Å²) in [7, 11) is 0. The number of carbonyl (C=O) groups is 1. The second-order valence-corrected chi connectivity index (χ2v) is 2.95. The maximum absolute atomic E-state index is 10.3. The van der Waals surface area contributed by atoms with Crippen molar-refractivity contribution in [3.63, 3.8) is 0 Å². The molecule has 0 aromatic rings. The van der Waals surface area contributed by atoms with Crippen LogP contribution < -0.4 is 0 Å². The summed E-state index contributed by atoms with van der Waals surface area (Å²) in [5, 5.41) is 9.25. The highest BCUT2D eigenvalue weighted by Crippen LogP contribution is 2.03. The molecule has 0 rings (SSSR count). The number of ether oxygens (including phenoxy) is 1. The van der Waals surface area contributed by atoms with E-state index in [1.807, 2.05) is 0 Å². The SMILES string of the molecule is CCCCCC(O)COC(C)=O. The number of carbonyl (C=O) groups excluding carboxylic acids is 1. The highest BCUT2D eigenvalue weighted by molar-refractivity contribution is 5.65. The smallest absolute Gasteiger partial charge is 0.302 e. The van der Waals surface area contributed by atoms with Crippen molar-refractivity contribution >= 4 is 5.97 Å². The zero-order chi connectivity index (χ0) is 9.40. The molecule has 3 heteroatoms. The Morgan fingerprint density at radius 2 is 2.17 bits per heavy atom. The molecule has 1 unspecified atom stereocenters. The van der Waals surface area contributed by atoms with Gasteiger partial charge in [-0.3, -0.25) is 4.79 Å². The van der Waals surface area contributed by atoms with Gasteiger partial charge in [0.1, 0.15) is 6.61 Å². The highest BCUT2D eigenvalue weighted by Gasteiger charge is 2.04. The molecule has 0 aromatic carbocycles. The first-order valence-corrected chi connectivity index (χ1v) is 4.48. The fourth-order valence-corrected chi connectivity index (χ4v) is 0.927. The molecule has 3 nitrogen and oxygen atoms in total. The van der Waals surface area contributed by atoms with Crippen LogP contribution in [0, 0.1) is 0 Å². The lowest BCUT2D eigenvalue weighted by Gasteiger charge is -2.09. The lowest BCUT2D eigenvalue weighted by molar-refractivity contribution is -0.144. The van der Waals surface area contributed by atoms with Crippen molar-refractivity contribution in [1.82, 2.24) is 0 Å². The van der Waals surface area contributed by atoms with Crippen molar-refractivity contribution in [3.05, 3.63) is 0 Å². The molecule has 0 saturated carbocycles. The minimum absolute atomic E-state index is 0.138. The fourth-order valence-electron chi connectivity index (χ4n) is 0.927. The molecule has 12 heavy (non-hydrogen) atoms. The van der Waals surface area contributed by atoms with Gasteiger partial charge < -0.3 is 9.84 Å². The Labute approximate surface area is 73.7 Å². The summed E-state index contributed by atoms with van der Waals surface area (Å²) in [5.41, 5.74) is 0. The molecule has 0 saturated heterocycles. The molecule has 0 amide bonds. The van der Waals surface area contributed by atoms with Crippen molar-refractivity contribution in [3.8, 4) is 0 Å². The second kappa shape index (κ2) is 7.10. The Kier molecular flexibility index (Phi) is 6.76. The van der Waals surface area contributed by atoms with Crippen LogP contribution in [0.15, 0.2) is 0 Å². The zero-order valence-corrected chi connectivity index (χ0v) is 7.88. The molecule has 0 aliphatic carbocycles. The first kappa shape index (κ1) is 11.4. The predicted molar refractivity (Wildman–Crippen MR) is 46.8 cm³/mol. The topological polar surface area (TPSA) is 46.5 Å². The Hall–Kier alpha value is -0.570. The maximum Gasteiger partial charge on any atom is 0.302 e. The second-order valence-electron chi connectivity index (χ2n) is 2.95. The van der Waals surface area contributed by atoms with E-state index < -0.39 is 6.10 Å². The third-order valence-corrected chi connectivity index (χ3v) is 1.62. The van der Waals surface area contributed by atoms with Gasteiger partial charge in [0.15, 0.2) is 0 Å². The molecule has 0 fully saturated rings. The Balaban J connectivity index is 3.21. The molecular formula is C9H18O3. The number of aliphatic hydroxyl groups excluding tert-OH is 1. The van der Waals surface area contributed by atoms with Crippen molar-refractivity contribution in [1.29, 1.82) is 0 Å². The molecule has 72 valence electrons. The van der Waals surface area contributed by atoms with Gasteiger partial charge in [0, 0.05) is 6.92 Å². The van der Waals surface area contributed by atoms with Gasteiger partial charge in [-0.1, -0.05) is 26.2 Å². The van der Waals surface area contributed by atoms with E-state index in [4.69, 9.17) is 0 Å². The number of esters is 1. The van der Waals surface area contributed by atoms with Crippen LogP contribution in [0.1, 0.15) is 39.5 Å². The first-order valence-electron chi connectivity index (χ1n) is 4.48. The molecule has 1 N–H and O–H groups in total. The van der Waals surface area contributed by atoms with E-state index in [2.05, 4.69) is 11.7 Å². The van der Waals surface area contributed by atoms with Gasteiger partial charge in [0.2, 0.25) is 0 Å². The van der Waals surface area contributed by atoms with Crippen molar-refractivity contribution in [2.75, 3.05) is 6.61 Å². The van der Waals surface area contributed by atoms with E-state index >= 15 is 0 Å². The van der Waals surface area contributed by atoms with Crippen LogP contribution in [0.2, 0.25) is 0 Å². The quantitative estimate of drug-likeness (QED) is 0.490. The Morgan fingerprint density at radius 3 is 2.67 bits per heavy atom. The summed E-state index contributed by atoms with van der Waals surface area (Å²) in [4.78, 5) is 10.3. The van der Waals surface area contributed by atoms with Crippen molar-refractivity contribution < 1.29 is 14.6 Å². The van der Waals surface area contributed by atoms with E-state index in [0.29, 0.717) is 0 Å². The molecule has 1 atom stereocenters. The summed E-state index contributed by atoms with van der Waals surface area (Å²) in [6.07, 6.45) is 3.50. The minimum atomic E-state index is -0.486. The van der Waals surface area contributed by atoms with Crippen molar-refractivity contribution in [2.24, 2.45) is 0 Å². The van der Waals surface area contributed by atoms with E-state index in [0.717, 1.165) is 25.7 Å². The average molecular weight is 174 g/mol. The van der Waals surface area contributed by atoms with Crippen LogP contribution in [0.3, 0.4) is 0 Å². The van der Waals surface area contributed by atoms with Crippen LogP contribution in [0.4, 0.5) is 0 Å². The van der Waals surface area contributed by atoms with Crippen LogP contribution in [-0.2, 0) is 9.53 Å². The summed E-state index contributed by atoms with van der Waals surface area (Å²) >= 11 is 0. The molecule has 0 spiro atoms. The summed E-state index contributed by atoms with van der Waals surface area (Å²) in [6.45, 7) is 3.59. The summed E-state index contributed by atoms with van der Waals surface area (Å²) in [5.74, 6) is -0.329. The number of hydrogen-bond acceptors (Lipinski definition) is 3. The zero-order valence-electron chi connectivity index (χ0n) is 7.88. The lowest BCUT2D eigenvalue weighted by atomic mass is 10.1. The Morgan fingerprint density at radius 1 is 1.50 bits per heavy atom. The third-order valence-electron chi connectivity index (χ3n) is 1.62. The molecular weight excluding hydrogens is 156 g/mol. The molecule has 0 bridgehead atoms. The third kappa shape index (κ3) is 7.54. The summed E-state index contributed by atoms with van der Waals surface area (Å²) < 4.78 is 4.65. The largest absolute Gasteiger partial charge is 0.463 e. The van der Waals surface area contributed by atoms with Crippen LogP contribution in [-0.4, -0.2) is 23.8 Å². The van der Waals surface area contributed by atoms with Gasteiger partial charge in [-0.2, -0.15) is 0 Å². The normalized spacial score (nSPS) is 12.6. The van der Waals surface area contributed by atoms with Crippen LogP contribution >= 0.6 is 0 Å². The van der Waals surface area contributed by atoms with Gasteiger partial charge in [-0.05, 0) is 6.42 Å². The lowest BCUT2D eigenvalue weighted by Crippen LogP contribution is -2.16. The van der Waals surface area contributed by atoms with Gasteiger partial charge in [-0.15, -0.1) is 0 Å². The van der Waals surface area contributed by atoms with Gasteiger partial charge in [0.25, 0.3) is 0 Å². The molecule has 0 aliphatic rings. The molecule has 0 aromatic heterocycles. The monoisotopic (exact) mass is 174 g/mol. The number of hydrogen-bond donors (Lipinski definition) is 1. The van der Waals surface area contributed by atoms with Gasteiger partial charge in [-0.25, -0.2) is 0 Å². The molecule has 0 radical (unpaired) electrons. The molecule has 0 heterocycles.